The van der Waals surface area contributed by atoms with Crippen LogP contribution in [0.4, 0.5) is 0 Å². The fourth-order valence-electron chi connectivity index (χ4n) is 3.66. The smallest absolute Gasteiger partial charge is 0.242 e. The van der Waals surface area contributed by atoms with Crippen LogP contribution >= 0.6 is 11.6 Å². The van der Waals surface area contributed by atoms with Gasteiger partial charge in [-0.25, -0.2) is 0 Å². The molecule has 0 spiro atoms. The van der Waals surface area contributed by atoms with Gasteiger partial charge in [-0.15, -0.1) is 0 Å². The van der Waals surface area contributed by atoms with Crippen molar-refractivity contribution in [1.82, 2.24) is 10.2 Å². The molecule has 0 heterocycles. The zero-order chi connectivity index (χ0) is 19.9. The Morgan fingerprint density at radius 3 is 2.39 bits per heavy atom. The van der Waals surface area contributed by atoms with Gasteiger partial charge in [0.2, 0.25) is 11.8 Å². The zero-order valence-electron chi connectivity index (χ0n) is 16.2. The van der Waals surface area contributed by atoms with Crippen LogP contribution in [0.15, 0.2) is 54.6 Å². The summed E-state index contributed by atoms with van der Waals surface area (Å²) in [7, 11) is 0. The number of hydrogen-bond donors (Lipinski definition) is 1. The molecule has 1 N–H and O–H groups in total. The third kappa shape index (κ3) is 5.35. The lowest BCUT2D eigenvalue weighted by Gasteiger charge is -2.30. The van der Waals surface area contributed by atoms with Crippen LogP contribution in [-0.4, -0.2) is 28.8 Å². The van der Waals surface area contributed by atoms with E-state index in [1.807, 2.05) is 48.5 Å². The number of nitrogens with one attached hydrogen (secondary N) is 1. The minimum atomic E-state index is -0.546. The van der Waals surface area contributed by atoms with Gasteiger partial charge in [0.15, 0.2) is 0 Å². The lowest BCUT2D eigenvalue weighted by molar-refractivity contribution is -0.140. The van der Waals surface area contributed by atoms with Crippen LogP contribution in [-0.2, 0) is 22.6 Å². The number of rotatable bonds is 7. The van der Waals surface area contributed by atoms with Gasteiger partial charge in [0.1, 0.15) is 6.04 Å². The Kier molecular flexibility index (Phi) is 7.10. The standard InChI is InChI=1S/C23H27ClN2O2/c1-17(23(28)25-20-12-6-7-13-20)26(16-18-9-3-2-4-10-18)22(27)15-19-11-5-8-14-21(19)24/h2-5,8-11,14,17,20H,6-7,12-13,15-16H2,1H3,(H,25,28)/t17-/m1/s1. The highest BCUT2D eigenvalue weighted by Gasteiger charge is 2.28. The number of halogens is 1. The topological polar surface area (TPSA) is 49.4 Å². The first kappa shape index (κ1) is 20.4. The van der Waals surface area contributed by atoms with E-state index < -0.39 is 6.04 Å². The summed E-state index contributed by atoms with van der Waals surface area (Å²) in [6.45, 7) is 2.20. The third-order valence-electron chi connectivity index (χ3n) is 5.36. The van der Waals surface area contributed by atoms with E-state index in [2.05, 4.69) is 5.32 Å². The normalized spacial score (nSPS) is 15.2. The Morgan fingerprint density at radius 1 is 1.07 bits per heavy atom. The molecular weight excluding hydrogens is 372 g/mol. The molecule has 2 aromatic carbocycles. The highest BCUT2D eigenvalue weighted by molar-refractivity contribution is 6.31. The van der Waals surface area contributed by atoms with Gasteiger partial charge in [0, 0.05) is 17.6 Å². The van der Waals surface area contributed by atoms with E-state index in [1.165, 1.54) is 0 Å². The maximum absolute atomic E-state index is 13.1. The Balaban J connectivity index is 1.76. The molecule has 0 bridgehead atoms. The lowest BCUT2D eigenvalue weighted by Crippen LogP contribution is -2.50. The second-order valence-electron chi connectivity index (χ2n) is 7.44. The third-order valence-corrected chi connectivity index (χ3v) is 5.73. The van der Waals surface area contributed by atoms with Gasteiger partial charge in [-0.1, -0.05) is 73.0 Å². The van der Waals surface area contributed by atoms with E-state index in [1.54, 1.807) is 17.9 Å². The first-order valence-corrected chi connectivity index (χ1v) is 10.3. The number of carbonyl (C=O) groups excluding carboxylic acids is 2. The van der Waals surface area contributed by atoms with Crippen molar-refractivity contribution in [2.75, 3.05) is 0 Å². The molecule has 148 valence electrons. The van der Waals surface area contributed by atoms with Crippen molar-refractivity contribution in [3.8, 4) is 0 Å². The monoisotopic (exact) mass is 398 g/mol. The predicted molar refractivity (Wildman–Crippen MR) is 112 cm³/mol. The van der Waals surface area contributed by atoms with Crippen LogP contribution in [0.5, 0.6) is 0 Å². The summed E-state index contributed by atoms with van der Waals surface area (Å²) >= 11 is 6.24. The highest BCUT2D eigenvalue weighted by atomic mass is 35.5. The Bertz CT molecular complexity index is 803. The minimum Gasteiger partial charge on any atom is -0.352 e. The quantitative estimate of drug-likeness (QED) is 0.753. The molecule has 1 atom stereocenters. The summed E-state index contributed by atoms with van der Waals surface area (Å²) in [4.78, 5) is 27.6. The minimum absolute atomic E-state index is 0.0876. The van der Waals surface area contributed by atoms with Gasteiger partial charge in [0.05, 0.1) is 6.42 Å². The Morgan fingerprint density at radius 2 is 1.71 bits per heavy atom. The van der Waals surface area contributed by atoms with Crippen LogP contribution in [0.25, 0.3) is 0 Å². The predicted octanol–water partition coefficient (Wildman–Crippen LogP) is 4.36. The molecule has 0 saturated heterocycles. The molecule has 1 aliphatic rings. The molecule has 2 aromatic rings. The second kappa shape index (κ2) is 9.74. The summed E-state index contributed by atoms with van der Waals surface area (Å²) in [5, 5.41) is 3.68. The molecule has 3 rings (SSSR count). The van der Waals surface area contributed by atoms with Gasteiger partial charge in [-0.2, -0.15) is 0 Å². The van der Waals surface area contributed by atoms with Gasteiger partial charge >= 0.3 is 0 Å². The van der Waals surface area contributed by atoms with Crippen LogP contribution in [0.3, 0.4) is 0 Å². The molecule has 0 aliphatic heterocycles. The molecular formula is C23H27ClN2O2. The van der Waals surface area contributed by atoms with Crippen molar-refractivity contribution in [1.29, 1.82) is 0 Å². The molecule has 4 nitrogen and oxygen atoms in total. The summed E-state index contributed by atoms with van der Waals surface area (Å²) in [5.41, 5.74) is 1.77. The number of amides is 2. The van der Waals surface area contributed by atoms with E-state index in [0.29, 0.717) is 11.6 Å². The first-order valence-electron chi connectivity index (χ1n) is 9.92. The molecule has 28 heavy (non-hydrogen) atoms. The van der Waals surface area contributed by atoms with Crippen molar-refractivity contribution in [2.45, 2.75) is 57.7 Å². The molecule has 1 aliphatic carbocycles. The lowest BCUT2D eigenvalue weighted by atomic mass is 10.1. The maximum Gasteiger partial charge on any atom is 0.242 e. The number of carbonyl (C=O) groups is 2. The van der Waals surface area contributed by atoms with Crippen molar-refractivity contribution >= 4 is 23.4 Å². The van der Waals surface area contributed by atoms with Gasteiger partial charge in [0.25, 0.3) is 0 Å². The fourth-order valence-corrected chi connectivity index (χ4v) is 3.86. The van der Waals surface area contributed by atoms with Crippen LogP contribution in [0.1, 0.15) is 43.7 Å². The molecule has 1 saturated carbocycles. The van der Waals surface area contributed by atoms with Gasteiger partial charge < -0.3 is 10.2 Å². The average Bonchev–Trinajstić information content (AvgIpc) is 3.21. The Labute approximate surface area is 171 Å². The van der Waals surface area contributed by atoms with Crippen molar-refractivity contribution < 1.29 is 9.59 Å². The number of nitrogens with zero attached hydrogens (tertiary/aromatic N) is 1. The van der Waals surface area contributed by atoms with E-state index in [4.69, 9.17) is 11.6 Å². The maximum atomic E-state index is 13.1. The van der Waals surface area contributed by atoms with Crippen LogP contribution in [0, 0.1) is 0 Å². The SMILES string of the molecule is C[C@H](C(=O)NC1CCCC1)N(Cc1ccccc1)C(=O)Cc1ccccc1Cl. The molecule has 0 aromatic heterocycles. The molecule has 0 radical (unpaired) electrons. The summed E-state index contributed by atoms with van der Waals surface area (Å²) in [6.07, 6.45) is 4.51. The van der Waals surface area contributed by atoms with Crippen molar-refractivity contribution in [3.63, 3.8) is 0 Å². The first-order chi connectivity index (χ1) is 13.5. The number of benzene rings is 2. The summed E-state index contributed by atoms with van der Waals surface area (Å²) < 4.78 is 0. The summed E-state index contributed by atoms with van der Waals surface area (Å²) in [5.74, 6) is -0.193. The van der Waals surface area contributed by atoms with Crippen molar-refractivity contribution in [3.05, 3.63) is 70.7 Å². The van der Waals surface area contributed by atoms with Crippen molar-refractivity contribution in [2.24, 2.45) is 0 Å². The van der Waals surface area contributed by atoms with E-state index in [9.17, 15) is 9.59 Å². The summed E-state index contributed by atoms with van der Waals surface area (Å²) in [6, 6.07) is 16.8. The molecule has 1 fully saturated rings. The van der Waals surface area contributed by atoms with Gasteiger partial charge in [-0.05, 0) is 37.0 Å². The van der Waals surface area contributed by atoms with E-state index in [-0.39, 0.29) is 24.3 Å². The average molecular weight is 399 g/mol. The number of hydrogen-bond acceptors (Lipinski definition) is 2. The molecule has 5 heteroatoms. The Hall–Kier alpha value is -2.33. The molecule has 0 unspecified atom stereocenters. The van der Waals surface area contributed by atoms with Crippen LogP contribution in [0.2, 0.25) is 5.02 Å². The van der Waals surface area contributed by atoms with E-state index >= 15 is 0 Å². The van der Waals surface area contributed by atoms with Crippen LogP contribution < -0.4 is 5.32 Å². The zero-order valence-corrected chi connectivity index (χ0v) is 17.0. The van der Waals surface area contributed by atoms with Gasteiger partial charge in [-0.3, -0.25) is 9.59 Å². The highest BCUT2D eigenvalue weighted by Crippen LogP contribution is 2.20. The second-order valence-corrected chi connectivity index (χ2v) is 7.85. The van der Waals surface area contributed by atoms with E-state index in [0.717, 1.165) is 36.8 Å². The largest absolute Gasteiger partial charge is 0.352 e. The molecule has 2 amide bonds. The fraction of sp³-hybridized carbons (Fsp3) is 0.391.